The molecule has 0 radical (unpaired) electrons. The number of rotatable bonds is 4. The molecule has 1 aliphatic rings. The van der Waals surface area contributed by atoms with Gasteiger partial charge >= 0.3 is 0 Å². The Bertz CT molecular complexity index is 458. The Balaban J connectivity index is 2.16. The molecule has 1 fully saturated rings. The summed E-state index contributed by atoms with van der Waals surface area (Å²) in [6.07, 6.45) is 3.01. The van der Waals surface area contributed by atoms with Crippen LogP contribution >= 0.6 is 22.0 Å². The lowest BCUT2D eigenvalue weighted by Gasteiger charge is -2.08. The van der Waals surface area contributed by atoms with E-state index in [1.54, 1.807) is 11.3 Å². The van der Waals surface area contributed by atoms with Crippen LogP contribution in [0.3, 0.4) is 0 Å². The van der Waals surface area contributed by atoms with Crippen LogP contribution in [0.4, 0.5) is 0 Å². The van der Waals surface area contributed by atoms with E-state index in [-0.39, 0.29) is 0 Å². The van der Waals surface area contributed by atoms with Gasteiger partial charge in [-0.2, -0.15) is 0 Å². The Kier molecular flexibility index (Phi) is 2.86. The number of halogens is 1. The van der Waals surface area contributed by atoms with Crippen molar-refractivity contribution in [2.45, 2.75) is 37.4 Å². The molecule has 0 bridgehead atoms. The van der Waals surface area contributed by atoms with Crippen molar-refractivity contribution in [2.24, 2.45) is 0 Å². The molecule has 0 spiro atoms. The van der Waals surface area contributed by atoms with Crippen LogP contribution in [0.5, 0.6) is 0 Å². The minimum atomic E-state index is -3.41. The van der Waals surface area contributed by atoms with Gasteiger partial charge in [-0.25, -0.2) is 8.42 Å². The molecule has 1 aromatic heterocycles. The fourth-order valence-electron chi connectivity index (χ4n) is 1.67. The smallest absolute Gasteiger partial charge is 0.212 e. The molecule has 0 aromatic carbocycles. The summed E-state index contributed by atoms with van der Waals surface area (Å²) in [5, 5.41) is 0. The highest BCUT2D eigenvalue weighted by Crippen LogP contribution is 2.48. The highest BCUT2D eigenvalue weighted by atomic mass is 35.7. The maximum absolute atomic E-state index is 11.4. The quantitative estimate of drug-likeness (QED) is 0.784. The number of thiophene rings is 1. The lowest BCUT2D eigenvalue weighted by molar-refractivity contribution is 0.590. The fraction of sp³-hybridized carbons (Fsp3) is 0.600. The van der Waals surface area contributed by atoms with Gasteiger partial charge in [0.05, 0.1) is 4.75 Å². The van der Waals surface area contributed by atoms with Gasteiger partial charge in [0, 0.05) is 26.9 Å². The summed E-state index contributed by atoms with van der Waals surface area (Å²) in [6, 6.07) is 4.09. The molecule has 15 heavy (non-hydrogen) atoms. The fourth-order valence-corrected chi connectivity index (χ4v) is 4.41. The van der Waals surface area contributed by atoms with Crippen molar-refractivity contribution in [3.63, 3.8) is 0 Å². The zero-order valence-corrected chi connectivity index (χ0v) is 10.9. The van der Waals surface area contributed by atoms with Crippen LogP contribution in [0.1, 0.15) is 29.5 Å². The van der Waals surface area contributed by atoms with Gasteiger partial charge in [-0.3, -0.25) is 0 Å². The normalized spacial score (nSPS) is 19.1. The van der Waals surface area contributed by atoms with Gasteiger partial charge in [0.1, 0.15) is 0 Å². The second-order valence-electron chi connectivity index (χ2n) is 4.02. The Labute approximate surface area is 98.7 Å². The van der Waals surface area contributed by atoms with E-state index in [0.717, 1.165) is 11.3 Å². The van der Waals surface area contributed by atoms with Crippen molar-refractivity contribution in [3.8, 4) is 0 Å². The number of aryl methyl sites for hydroxylation is 1. The van der Waals surface area contributed by atoms with E-state index in [0.29, 0.717) is 19.3 Å². The first-order valence-electron chi connectivity index (χ1n) is 4.99. The third kappa shape index (κ3) is 2.22. The molecule has 2 nitrogen and oxygen atoms in total. The van der Waals surface area contributed by atoms with Gasteiger partial charge in [0.2, 0.25) is 9.05 Å². The summed E-state index contributed by atoms with van der Waals surface area (Å²) in [5.41, 5.74) is 0. The summed E-state index contributed by atoms with van der Waals surface area (Å²) >= 11 is 1.69. The van der Waals surface area contributed by atoms with Gasteiger partial charge < -0.3 is 0 Å². The van der Waals surface area contributed by atoms with Gasteiger partial charge in [0.15, 0.2) is 0 Å². The summed E-state index contributed by atoms with van der Waals surface area (Å²) in [5.74, 6) is 0. The van der Waals surface area contributed by atoms with Crippen molar-refractivity contribution in [1.82, 2.24) is 0 Å². The Morgan fingerprint density at radius 1 is 1.40 bits per heavy atom. The van der Waals surface area contributed by atoms with Crippen LogP contribution in [0, 0.1) is 0 Å². The molecule has 1 saturated carbocycles. The molecule has 0 saturated heterocycles. The summed E-state index contributed by atoms with van der Waals surface area (Å²) in [7, 11) is 2.05. The predicted octanol–water partition coefficient (Wildman–Crippen LogP) is 2.95. The molecule has 1 heterocycles. The molecular formula is C10H13ClO2S2. The SMILES string of the molecule is CCc1ccc(CC2(S(=O)(=O)Cl)CC2)s1. The average molecular weight is 265 g/mol. The molecule has 0 unspecified atom stereocenters. The zero-order valence-electron chi connectivity index (χ0n) is 8.49. The third-order valence-corrected chi connectivity index (χ3v) is 6.69. The highest BCUT2D eigenvalue weighted by molar-refractivity contribution is 8.15. The maximum atomic E-state index is 11.4. The topological polar surface area (TPSA) is 34.1 Å². The molecular weight excluding hydrogens is 252 g/mol. The second-order valence-corrected chi connectivity index (χ2v) is 8.23. The molecule has 84 valence electrons. The molecule has 0 aliphatic heterocycles. The third-order valence-electron chi connectivity index (χ3n) is 2.89. The second kappa shape index (κ2) is 3.75. The maximum Gasteiger partial charge on any atom is 0.238 e. The molecule has 5 heteroatoms. The van der Waals surface area contributed by atoms with E-state index in [1.807, 2.05) is 6.07 Å². The van der Waals surface area contributed by atoms with E-state index in [9.17, 15) is 8.42 Å². The molecule has 0 amide bonds. The van der Waals surface area contributed by atoms with E-state index >= 15 is 0 Å². The van der Waals surface area contributed by atoms with Crippen molar-refractivity contribution < 1.29 is 8.42 Å². The minimum absolute atomic E-state index is 0.587. The highest BCUT2D eigenvalue weighted by Gasteiger charge is 2.53. The lowest BCUT2D eigenvalue weighted by Crippen LogP contribution is -2.20. The largest absolute Gasteiger partial charge is 0.238 e. The van der Waals surface area contributed by atoms with Crippen molar-refractivity contribution in [2.75, 3.05) is 0 Å². The van der Waals surface area contributed by atoms with Crippen molar-refractivity contribution >= 4 is 31.1 Å². The van der Waals surface area contributed by atoms with Crippen molar-refractivity contribution in [1.29, 1.82) is 0 Å². The van der Waals surface area contributed by atoms with E-state index < -0.39 is 13.8 Å². The van der Waals surface area contributed by atoms with Crippen LogP contribution in [0.25, 0.3) is 0 Å². The van der Waals surface area contributed by atoms with Gasteiger partial charge in [-0.05, 0) is 31.4 Å². The van der Waals surface area contributed by atoms with Crippen LogP contribution in [0.2, 0.25) is 0 Å². The standard InChI is InChI=1S/C10H13ClO2S2/c1-2-8-3-4-9(14-8)7-10(5-6-10)15(11,12)13/h3-4H,2,5-7H2,1H3. The summed E-state index contributed by atoms with van der Waals surface area (Å²) in [4.78, 5) is 2.43. The Morgan fingerprint density at radius 3 is 2.40 bits per heavy atom. The number of hydrogen-bond acceptors (Lipinski definition) is 3. The molecule has 0 N–H and O–H groups in total. The monoisotopic (exact) mass is 264 g/mol. The van der Waals surface area contributed by atoms with Crippen LogP contribution in [0.15, 0.2) is 12.1 Å². The summed E-state index contributed by atoms with van der Waals surface area (Å²) < 4.78 is 22.1. The minimum Gasteiger partial charge on any atom is -0.212 e. The first-order valence-corrected chi connectivity index (χ1v) is 8.11. The van der Waals surface area contributed by atoms with Crippen LogP contribution < -0.4 is 0 Å². The first kappa shape index (κ1) is 11.4. The Morgan fingerprint density at radius 2 is 2.00 bits per heavy atom. The predicted molar refractivity (Wildman–Crippen MR) is 64.1 cm³/mol. The van der Waals surface area contributed by atoms with Gasteiger partial charge in [-0.1, -0.05) is 6.92 Å². The molecule has 2 rings (SSSR count). The summed E-state index contributed by atoms with van der Waals surface area (Å²) in [6.45, 7) is 2.10. The lowest BCUT2D eigenvalue weighted by atomic mass is 10.2. The zero-order chi connectivity index (χ0) is 11.1. The van der Waals surface area contributed by atoms with Crippen LogP contribution in [-0.2, 0) is 21.9 Å². The van der Waals surface area contributed by atoms with Crippen molar-refractivity contribution in [3.05, 3.63) is 21.9 Å². The average Bonchev–Trinajstić information content (AvgIpc) is 2.78. The van der Waals surface area contributed by atoms with E-state index in [4.69, 9.17) is 10.7 Å². The van der Waals surface area contributed by atoms with Crippen LogP contribution in [-0.4, -0.2) is 13.2 Å². The molecule has 0 atom stereocenters. The Hall–Kier alpha value is -0.0600. The van der Waals surface area contributed by atoms with E-state index in [2.05, 4.69) is 13.0 Å². The first-order chi connectivity index (χ1) is 6.97. The molecule has 1 aromatic rings. The van der Waals surface area contributed by atoms with Gasteiger partial charge in [-0.15, -0.1) is 11.3 Å². The number of hydrogen-bond donors (Lipinski definition) is 0. The molecule has 1 aliphatic carbocycles. The van der Waals surface area contributed by atoms with E-state index in [1.165, 1.54) is 4.88 Å². The van der Waals surface area contributed by atoms with Gasteiger partial charge in [0.25, 0.3) is 0 Å².